The molecule has 0 unspecified atom stereocenters. The number of aromatic hydroxyl groups is 1. The van der Waals surface area contributed by atoms with E-state index in [1.54, 1.807) is 18.1 Å². The van der Waals surface area contributed by atoms with Crippen LogP contribution in [0, 0.1) is 11.7 Å². The summed E-state index contributed by atoms with van der Waals surface area (Å²) in [4.78, 5) is 24.5. The van der Waals surface area contributed by atoms with E-state index in [0.29, 0.717) is 35.6 Å². The van der Waals surface area contributed by atoms with Crippen molar-refractivity contribution in [1.82, 2.24) is 9.97 Å². The number of hydrogen-bond acceptors (Lipinski definition) is 6. The van der Waals surface area contributed by atoms with Gasteiger partial charge in [0.05, 0.1) is 12.7 Å². The molecule has 0 radical (unpaired) electrons. The fourth-order valence-electron chi connectivity index (χ4n) is 2.69. The van der Waals surface area contributed by atoms with Crippen molar-refractivity contribution >= 4 is 29.0 Å². The first-order chi connectivity index (χ1) is 12.3. The van der Waals surface area contributed by atoms with Gasteiger partial charge in [0, 0.05) is 25.3 Å². The zero-order valence-corrected chi connectivity index (χ0v) is 15.0. The number of anilines is 4. The fraction of sp³-hybridized carbons (Fsp3) is 0.389. The van der Waals surface area contributed by atoms with E-state index < -0.39 is 11.6 Å². The van der Waals surface area contributed by atoms with Crippen molar-refractivity contribution < 1.29 is 14.3 Å². The number of rotatable bonds is 5. The molecule has 0 bridgehead atoms. The number of fused-ring (bicyclic) bond motifs is 1. The number of likely N-dealkylation sites (N-methyl/N-ethyl adjacent to an activating group) is 1. The van der Waals surface area contributed by atoms with Crippen molar-refractivity contribution in [2.24, 2.45) is 5.92 Å². The van der Waals surface area contributed by atoms with E-state index in [1.807, 2.05) is 4.90 Å². The minimum absolute atomic E-state index is 0.00818. The number of benzene rings is 1. The highest BCUT2D eigenvalue weighted by Crippen LogP contribution is 2.32. The van der Waals surface area contributed by atoms with Gasteiger partial charge in [-0.25, -0.2) is 9.37 Å². The molecule has 2 N–H and O–H groups in total. The first-order valence-electron chi connectivity index (χ1n) is 8.49. The molecule has 0 aliphatic carbocycles. The fourth-order valence-corrected chi connectivity index (χ4v) is 2.69. The molecule has 1 aliphatic heterocycles. The molecule has 1 aliphatic rings. The van der Waals surface area contributed by atoms with Gasteiger partial charge in [-0.2, -0.15) is 4.98 Å². The highest BCUT2D eigenvalue weighted by atomic mass is 19.1. The van der Waals surface area contributed by atoms with Crippen LogP contribution >= 0.6 is 0 Å². The van der Waals surface area contributed by atoms with Crippen LogP contribution in [0.3, 0.4) is 0 Å². The van der Waals surface area contributed by atoms with Crippen molar-refractivity contribution in [2.75, 3.05) is 35.3 Å². The summed E-state index contributed by atoms with van der Waals surface area (Å²) >= 11 is 0. The van der Waals surface area contributed by atoms with Crippen LogP contribution in [0.5, 0.6) is 5.75 Å². The smallest absolute Gasteiger partial charge is 0.246 e. The summed E-state index contributed by atoms with van der Waals surface area (Å²) < 4.78 is 13.5. The second-order valence-electron chi connectivity index (χ2n) is 6.75. The third-order valence-corrected chi connectivity index (χ3v) is 4.29. The lowest BCUT2D eigenvalue weighted by Crippen LogP contribution is -2.45. The number of phenolic OH excluding ortho intramolecular Hbond substituents is 1. The lowest BCUT2D eigenvalue weighted by atomic mass is 10.1. The van der Waals surface area contributed by atoms with Crippen LogP contribution in [0.1, 0.15) is 20.3 Å². The van der Waals surface area contributed by atoms with Crippen LogP contribution in [0.25, 0.3) is 0 Å². The standard InChI is InChI=1S/C18H22FN5O2/c1-11(2)6-7-24-10-16(26)23(3)14-9-20-18(22-17(14)24)21-12-4-5-15(25)13(19)8-12/h4-5,8-9,11,25H,6-7,10H2,1-3H3,(H,20,21,22). The number of carbonyl (C=O) groups is 1. The maximum atomic E-state index is 13.5. The summed E-state index contributed by atoms with van der Waals surface area (Å²) in [7, 11) is 1.70. The normalized spacial score (nSPS) is 14.0. The van der Waals surface area contributed by atoms with E-state index in [4.69, 9.17) is 0 Å². The third-order valence-electron chi connectivity index (χ3n) is 4.29. The predicted octanol–water partition coefficient (Wildman–Crippen LogP) is 2.89. The Bertz CT molecular complexity index is 827. The zero-order valence-electron chi connectivity index (χ0n) is 15.0. The lowest BCUT2D eigenvalue weighted by molar-refractivity contribution is -0.117. The Balaban J connectivity index is 1.89. The van der Waals surface area contributed by atoms with E-state index in [9.17, 15) is 14.3 Å². The van der Waals surface area contributed by atoms with Gasteiger partial charge in [-0.15, -0.1) is 0 Å². The van der Waals surface area contributed by atoms with Crippen molar-refractivity contribution in [3.05, 3.63) is 30.2 Å². The highest BCUT2D eigenvalue weighted by Gasteiger charge is 2.28. The van der Waals surface area contributed by atoms with Crippen LogP contribution < -0.4 is 15.1 Å². The van der Waals surface area contributed by atoms with Crippen LogP contribution in [0.4, 0.5) is 27.5 Å². The minimum Gasteiger partial charge on any atom is -0.505 e. The van der Waals surface area contributed by atoms with E-state index in [0.717, 1.165) is 6.42 Å². The van der Waals surface area contributed by atoms with Crippen molar-refractivity contribution in [1.29, 1.82) is 0 Å². The van der Waals surface area contributed by atoms with Gasteiger partial charge in [0.1, 0.15) is 5.69 Å². The molecule has 0 fully saturated rings. The Labute approximate surface area is 151 Å². The van der Waals surface area contributed by atoms with Gasteiger partial charge in [-0.1, -0.05) is 13.8 Å². The maximum Gasteiger partial charge on any atom is 0.246 e. The number of nitrogens with zero attached hydrogens (tertiary/aromatic N) is 4. The van der Waals surface area contributed by atoms with Crippen LogP contribution in [-0.2, 0) is 4.79 Å². The molecule has 0 saturated heterocycles. The number of carbonyl (C=O) groups excluding carboxylic acids is 1. The molecule has 1 aromatic carbocycles. The summed E-state index contributed by atoms with van der Waals surface area (Å²) in [5, 5.41) is 12.2. The SMILES string of the molecule is CC(C)CCN1CC(=O)N(C)c2cnc(Nc3ccc(O)c(F)c3)nc21. The molecule has 138 valence electrons. The average molecular weight is 359 g/mol. The first kappa shape index (κ1) is 17.9. The molecule has 1 amide bonds. The number of nitrogens with one attached hydrogen (secondary N) is 1. The Morgan fingerprint density at radius 1 is 1.38 bits per heavy atom. The van der Waals surface area contributed by atoms with E-state index in [2.05, 4.69) is 29.1 Å². The van der Waals surface area contributed by atoms with Gasteiger partial charge in [-0.05, 0) is 24.5 Å². The largest absolute Gasteiger partial charge is 0.505 e. The third kappa shape index (κ3) is 3.68. The quantitative estimate of drug-likeness (QED) is 0.799. The molecule has 7 nitrogen and oxygen atoms in total. The molecule has 0 spiro atoms. The molecular formula is C18H22FN5O2. The van der Waals surface area contributed by atoms with E-state index in [-0.39, 0.29) is 12.5 Å². The van der Waals surface area contributed by atoms with E-state index in [1.165, 1.54) is 18.2 Å². The second-order valence-corrected chi connectivity index (χ2v) is 6.75. The first-order valence-corrected chi connectivity index (χ1v) is 8.49. The maximum absolute atomic E-state index is 13.5. The highest BCUT2D eigenvalue weighted by molar-refractivity contribution is 6.01. The van der Waals surface area contributed by atoms with Gasteiger partial charge in [0.25, 0.3) is 0 Å². The number of hydrogen-bond donors (Lipinski definition) is 2. The van der Waals surface area contributed by atoms with Crippen molar-refractivity contribution in [3.63, 3.8) is 0 Å². The Morgan fingerprint density at radius 2 is 2.15 bits per heavy atom. The van der Waals surface area contributed by atoms with Gasteiger partial charge in [-0.3, -0.25) is 4.79 Å². The van der Waals surface area contributed by atoms with Crippen molar-refractivity contribution in [3.8, 4) is 5.75 Å². The molecule has 2 heterocycles. The van der Waals surface area contributed by atoms with Gasteiger partial charge in [0.2, 0.25) is 11.9 Å². The van der Waals surface area contributed by atoms with Crippen LogP contribution in [0.2, 0.25) is 0 Å². The summed E-state index contributed by atoms with van der Waals surface area (Å²) in [6.45, 7) is 5.24. The van der Waals surface area contributed by atoms with Crippen LogP contribution in [-0.4, -0.2) is 41.1 Å². The van der Waals surface area contributed by atoms with Crippen molar-refractivity contribution in [2.45, 2.75) is 20.3 Å². The molecule has 1 aromatic heterocycles. The predicted molar refractivity (Wildman–Crippen MR) is 98.5 cm³/mol. The average Bonchev–Trinajstić information content (AvgIpc) is 2.60. The summed E-state index contributed by atoms with van der Waals surface area (Å²) in [6, 6.07) is 3.97. The van der Waals surface area contributed by atoms with Gasteiger partial charge >= 0.3 is 0 Å². The minimum atomic E-state index is -0.725. The number of phenols is 1. The Morgan fingerprint density at radius 3 is 2.85 bits per heavy atom. The Hall–Kier alpha value is -2.90. The molecule has 2 aromatic rings. The number of halogens is 1. The van der Waals surface area contributed by atoms with Crippen LogP contribution in [0.15, 0.2) is 24.4 Å². The molecule has 3 rings (SSSR count). The summed E-state index contributed by atoms with van der Waals surface area (Å²) in [6.07, 6.45) is 2.52. The molecule has 0 saturated carbocycles. The van der Waals surface area contributed by atoms with Gasteiger partial charge in [0.15, 0.2) is 17.4 Å². The Kier molecular flexibility index (Phi) is 4.92. The zero-order chi connectivity index (χ0) is 18.8. The molecule has 0 atom stereocenters. The second kappa shape index (κ2) is 7.15. The number of amides is 1. The molecule has 8 heteroatoms. The summed E-state index contributed by atoms with van der Waals surface area (Å²) in [5.74, 6) is 0.327. The lowest BCUT2D eigenvalue weighted by Gasteiger charge is -2.34. The van der Waals surface area contributed by atoms with E-state index >= 15 is 0 Å². The van der Waals surface area contributed by atoms with Gasteiger partial charge < -0.3 is 20.2 Å². The summed E-state index contributed by atoms with van der Waals surface area (Å²) in [5.41, 5.74) is 1.07. The number of aromatic nitrogens is 2. The topological polar surface area (TPSA) is 81.6 Å². The molecule has 26 heavy (non-hydrogen) atoms. The molecular weight excluding hydrogens is 337 g/mol. The monoisotopic (exact) mass is 359 g/mol.